The Kier molecular flexibility index (Phi) is 8.28. The molecule has 0 saturated carbocycles. The van der Waals surface area contributed by atoms with Crippen LogP contribution in [0.25, 0.3) is 0 Å². The van der Waals surface area contributed by atoms with Gasteiger partial charge >= 0.3 is 0 Å². The Bertz CT molecular complexity index is 474. The molecular weight excluding hydrogens is 300 g/mol. The Hall–Kier alpha value is -1.26. The van der Waals surface area contributed by atoms with Crippen LogP contribution >= 0.6 is 12.4 Å². The molecule has 1 atom stereocenters. The fourth-order valence-electron chi connectivity index (χ4n) is 2.59. The zero-order valence-corrected chi connectivity index (χ0v) is 14.3. The summed E-state index contributed by atoms with van der Waals surface area (Å²) in [5.74, 6) is 0.832. The molecule has 4 nitrogen and oxygen atoms in total. The molecule has 1 aromatic carbocycles. The largest absolute Gasteiger partial charge is 0.491 e. The van der Waals surface area contributed by atoms with E-state index in [1.165, 1.54) is 12.8 Å². The summed E-state index contributed by atoms with van der Waals surface area (Å²) in [6, 6.07) is 6.40. The van der Waals surface area contributed by atoms with Gasteiger partial charge in [0.1, 0.15) is 5.75 Å². The van der Waals surface area contributed by atoms with Crippen molar-refractivity contribution in [2.24, 2.45) is 0 Å². The van der Waals surface area contributed by atoms with Crippen LogP contribution in [0.5, 0.6) is 5.75 Å². The first-order valence-electron chi connectivity index (χ1n) is 7.95. The lowest BCUT2D eigenvalue weighted by atomic mass is 10.1. The van der Waals surface area contributed by atoms with Crippen LogP contribution in [0.15, 0.2) is 18.2 Å². The minimum absolute atomic E-state index is 0. The molecule has 1 saturated heterocycles. The van der Waals surface area contributed by atoms with Gasteiger partial charge in [-0.3, -0.25) is 4.79 Å². The standard InChI is InChI=1S/C17H26N2O2.ClH/c1-3-11-21-16-12-13(2)6-8-15(16)19-17(20)9-7-14-5-4-10-18-14;/h6,8,12,14,18H,3-5,7,9-11H2,1-2H3,(H,19,20);1H. The van der Waals surface area contributed by atoms with Gasteiger partial charge in [0, 0.05) is 12.5 Å². The van der Waals surface area contributed by atoms with Gasteiger partial charge < -0.3 is 15.4 Å². The molecule has 0 spiro atoms. The number of benzene rings is 1. The number of anilines is 1. The summed E-state index contributed by atoms with van der Waals surface area (Å²) in [7, 11) is 0. The number of hydrogen-bond donors (Lipinski definition) is 2. The van der Waals surface area contributed by atoms with Crippen molar-refractivity contribution in [2.45, 2.75) is 52.0 Å². The first-order valence-corrected chi connectivity index (χ1v) is 7.95. The van der Waals surface area contributed by atoms with Crippen LogP contribution in [0.3, 0.4) is 0 Å². The zero-order chi connectivity index (χ0) is 15.1. The van der Waals surface area contributed by atoms with Gasteiger partial charge in [0.2, 0.25) is 5.91 Å². The quantitative estimate of drug-likeness (QED) is 0.803. The zero-order valence-electron chi connectivity index (χ0n) is 13.5. The lowest BCUT2D eigenvalue weighted by molar-refractivity contribution is -0.116. The van der Waals surface area contributed by atoms with Gasteiger partial charge in [-0.1, -0.05) is 13.0 Å². The summed E-state index contributed by atoms with van der Waals surface area (Å²) in [6.07, 6.45) is 4.82. The van der Waals surface area contributed by atoms with E-state index in [1.807, 2.05) is 25.1 Å². The molecule has 1 unspecified atom stereocenters. The minimum atomic E-state index is 0. The minimum Gasteiger partial charge on any atom is -0.491 e. The Labute approximate surface area is 139 Å². The molecule has 2 N–H and O–H groups in total. The molecule has 1 aromatic rings. The van der Waals surface area contributed by atoms with Crippen molar-refractivity contribution in [1.29, 1.82) is 0 Å². The molecule has 22 heavy (non-hydrogen) atoms. The number of hydrogen-bond acceptors (Lipinski definition) is 3. The van der Waals surface area contributed by atoms with E-state index in [0.29, 0.717) is 19.1 Å². The van der Waals surface area contributed by atoms with E-state index in [2.05, 4.69) is 17.6 Å². The van der Waals surface area contributed by atoms with Gasteiger partial charge in [-0.2, -0.15) is 0 Å². The van der Waals surface area contributed by atoms with Crippen molar-refractivity contribution < 1.29 is 9.53 Å². The van der Waals surface area contributed by atoms with Crippen molar-refractivity contribution >= 4 is 24.0 Å². The molecule has 1 aliphatic heterocycles. The van der Waals surface area contributed by atoms with Crippen molar-refractivity contribution in [3.8, 4) is 5.75 Å². The molecule has 5 heteroatoms. The van der Waals surface area contributed by atoms with Crippen molar-refractivity contribution in [3.05, 3.63) is 23.8 Å². The lowest BCUT2D eigenvalue weighted by Gasteiger charge is -2.14. The van der Waals surface area contributed by atoms with Crippen LogP contribution in [0.4, 0.5) is 5.69 Å². The topological polar surface area (TPSA) is 50.4 Å². The lowest BCUT2D eigenvalue weighted by Crippen LogP contribution is -2.23. The summed E-state index contributed by atoms with van der Waals surface area (Å²) < 4.78 is 5.72. The van der Waals surface area contributed by atoms with Crippen molar-refractivity contribution in [2.75, 3.05) is 18.5 Å². The summed E-state index contributed by atoms with van der Waals surface area (Å²) in [6.45, 7) is 5.84. The first kappa shape index (κ1) is 18.8. The van der Waals surface area contributed by atoms with Crippen LogP contribution in [-0.4, -0.2) is 25.1 Å². The highest BCUT2D eigenvalue weighted by Crippen LogP contribution is 2.26. The van der Waals surface area contributed by atoms with Crippen LogP contribution in [0.2, 0.25) is 0 Å². The maximum Gasteiger partial charge on any atom is 0.224 e. The third-order valence-electron chi connectivity index (χ3n) is 3.76. The predicted molar refractivity (Wildman–Crippen MR) is 93.1 cm³/mol. The third-order valence-corrected chi connectivity index (χ3v) is 3.76. The highest BCUT2D eigenvalue weighted by Gasteiger charge is 2.16. The van der Waals surface area contributed by atoms with Gasteiger partial charge in [-0.15, -0.1) is 12.4 Å². The molecule has 0 radical (unpaired) electrons. The molecule has 124 valence electrons. The van der Waals surface area contributed by atoms with Crippen molar-refractivity contribution in [1.82, 2.24) is 5.32 Å². The number of amides is 1. The van der Waals surface area contributed by atoms with E-state index < -0.39 is 0 Å². The number of ether oxygens (including phenoxy) is 1. The van der Waals surface area contributed by atoms with Crippen LogP contribution in [0.1, 0.15) is 44.6 Å². The summed E-state index contributed by atoms with van der Waals surface area (Å²) in [4.78, 5) is 12.1. The fourth-order valence-corrected chi connectivity index (χ4v) is 2.59. The molecule has 0 bridgehead atoms. The molecule has 1 amide bonds. The molecule has 0 aromatic heterocycles. The van der Waals surface area contributed by atoms with E-state index in [4.69, 9.17) is 4.74 Å². The highest BCUT2D eigenvalue weighted by atomic mass is 35.5. The highest BCUT2D eigenvalue weighted by molar-refractivity contribution is 5.92. The second kappa shape index (κ2) is 9.70. The van der Waals surface area contributed by atoms with Gasteiger partial charge in [0.25, 0.3) is 0 Å². The second-order valence-electron chi connectivity index (χ2n) is 5.73. The van der Waals surface area contributed by atoms with Gasteiger partial charge in [0.15, 0.2) is 0 Å². The number of carbonyl (C=O) groups is 1. The maximum atomic E-state index is 12.1. The number of rotatable bonds is 7. The van der Waals surface area contributed by atoms with E-state index in [-0.39, 0.29) is 18.3 Å². The SMILES string of the molecule is CCCOc1cc(C)ccc1NC(=O)CCC1CCCN1.Cl. The predicted octanol–water partition coefficient (Wildman–Crippen LogP) is 3.68. The second-order valence-corrected chi connectivity index (χ2v) is 5.73. The Morgan fingerprint density at radius 2 is 2.27 bits per heavy atom. The van der Waals surface area contributed by atoms with E-state index in [1.54, 1.807) is 0 Å². The summed E-state index contributed by atoms with van der Waals surface area (Å²) in [5.41, 5.74) is 1.91. The molecule has 0 aliphatic carbocycles. The molecule has 2 rings (SSSR count). The Balaban J connectivity index is 0.00000242. The number of halogens is 1. The van der Waals surface area contributed by atoms with E-state index in [9.17, 15) is 4.79 Å². The van der Waals surface area contributed by atoms with Crippen molar-refractivity contribution in [3.63, 3.8) is 0 Å². The molecule has 1 fully saturated rings. The van der Waals surface area contributed by atoms with E-state index >= 15 is 0 Å². The maximum absolute atomic E-state index is 12.1. The third kappa shape index (κ3) is 5.85. The van der Waals surface area contributed by atoms with Gasteiger partial charge in [0.05, 0.1) is 12.3 Å². The average Bonchev–Trinajstić information content (AvgIpc) is 2.98. The number of aryl methyl sites for hydroxylation is 1. The Morgan fingerprint density at radius 1 is 1.45 bits per heavy atom. The molecular formula is C17H27ClN2O2. The van der Waals surface area contributed by atoms with Gasteiger partial charge in [-0.25, -0.2) is 0 Å². The van der Waals surface area contributed by atoms with Crippen LogP contribution in [0, 0.1) is 6.92 Å². The normalized spacial score (nSPS) is 16.9. The average molecular weight is 327 g/mol. The first-order chi connectivity index (χ1) is 10.2. The summed E-state index contributed by atoms with van der Waals surface area (Å²) >= 11 is 0. The van der Waals surface area contributed by atoms with Gasteiger partial charge in [-0.05, 0) is 56.8 Å². The molecule has 1 heterocycles. The number of carbonyl (C=O) groups excluding carboxylic acids is 1. The van der Waals surface area contributed by atoms with Crippen LogP contribution < -0.4 is 15.4 Å². The summed E-state index contributed by atoms with van der Waals surface area (Å²) in [5, 5.41) is 6.40. The van der Waals surface area contributed by atoms with E-state index in [0.717, 1.165) is 36.4 Å². The Morgan fingerprint density at radius 3 is 2.95 bits per heavy atom. The smallest absolute Gasteiger partial charge is 0.224 e. The van der Waals surface area contributed by atoms with Crippen LogP contribution in [-0.2, 0) is 4.79 Å². The molecule has 1 aliphatic rings. The monoisotopic (exact) mass is 326 g/mol. The number of nitrogens with one attached hydrogen (secondary N) is 2. The fraction of sp³-hybridized carbons (Fsp3) is 0.588.